The Morgan fingerprint density at radius 1 is 1.27 bits per heavy atom. The number of para-hydroxylation sites is 1. The molecule has 3 N–H and O–H groups in total. The van der Waals surface area contributed by atoms with E-state index in [1.165, 1.54) is 17.9 Å². The second-order valence-corrected chi connectivity index (χ2v) is 4.74. The van der Waals surface area contributed by atoms with E-state index in [9.17, 15) is 9.59 Å². The summed E-state index contributed by atoms with van der Waals surface area (Å²) in [5, 5.41) is 14.1. The van der Waals surface area contributed by atoms with Crippen molar-refractivity contribution in [2.45, 2.75) is 13.5 Å². The van der Waals surface area contributed by atoms with Crippen LogP contribution in [0.3, 0.4) is 0 Å². The van der Waals surface area contributed by atoms with Gasteiger partial charge in [-0.2, -0.15) is 9.90 Å². The first-order chi connectivity index (χ1) is 10.6. The van der Waals surface area contributed by atoms with Gasteiger partial charge in [0, 0.05) is 24.0 Å². The molecule has 0 radical (unpaired) electrons. The molecule has 8 nitrogen and oxygen atoms in total. The van der Waals surface area contributed by atoms with Crippen LogP contribution < -0.4 is 10.6 Å². The predicted octanol–water partition coefficient (Wildman–Crippen LogP) is 1.36. The van der Waals surface area contributed by atoms with Crippen molar-refractivity contribution in [2.24, 2.45) is 0 Å². The van der Waals surface area contributed by atoms with Crippen molar-refractivity contribution < 1.29 is 9.59 Å². The first-order valence-electron chi connectivity index (χ1n) is 6.65. The summed E-state index contributed by atoms with van der Waals surface area (Å²) in [6.07, 6.45) is 3.13. The summed E-state index contributed by atoms with van der Waals surface area (Å²) in [6, 6.07) is 7.67. The van der Waals surface area contributed by atoms with E-state index in [2.05, 4.69) is 25.8 Å². The molecule has 22 heavy (non-hydrogen) atoms. The van der Waals surface area contributed by atoms with Gasteiger partial charge in [-0.3, -0.25) is 9.59 Å². The van der Waals surface area contributed by atoms with Crippen LogP contribution in [0.2, 0.25) is 0 Å². The maximum atomic E-state index is 12.0. The minimum absolute atomic E-state index is 0.0426. The number of benzene rings is 1. The van der Waals surface area contributed by atoms with Crippen molar-refractivity contribution >= 4 is 34.2 Å². The largest absolute Gasteiger partial charge is 0.359 e. The van der Waals surface area contributed by atoms with Gasteiger partial charge in [0.15, 0.2) is 5.82 Å². The van der Waals surface area contributed by atoms with Gasteiger partial charge in [-0.25, -0.2) is 0 Å². The van der Waals surface area contributed by atoms with Crippen LogP contribution in [0.1, 0.15) is 6.92 Å². The molecule has 8 heteroatoms. The van der Waals surface area contributed by atoms with Crippen molar-refractivity contribution in [1.82, 2.24) is 20.0 Å². The number of anilines is 2. The highest BCUT2D eigenvalue weighted by Crippen LogP contribution is 2.22. The lowest BCUT2D eigenvalue weighted by atomic mass is 10.2. The number of fused-ring (bicyclic) bond motifs is 1. The number of aromatic amines is 1. The van der Waals surface area contributed by atoms with Gasteiger partial charge >= 0.3 is 0 Å². The van der Waals surface area contributed by atoms with Crippen LogP contribution in [-0.2, 0) is 16.1 Å². The average molecular weight is 298 g/mol. The predicted molar refractivity (Wildman–Crippen MR) is 81.3 cm³/mol. The van der Waals surface area contributed by atoms with Gasteiger partial charge in [-0.15, -0.1) is 5.10 Å². The number of nitrogens with one attached hydrogen (secondary N) is 3. The minimum atomic E-state index is -0.255. The third-order valence-electron chi connectivity index (χ3n) is 2.99. The molecule has 0 fully saturated rings. The molecule has 2 aromatic heterocycles. The van der Waals surface area contributed by atoms with Crippen LogP contribution in [0.15, 0.2) is 36.7 Å². The first kappa shape index (κ1) is 13.8. The van der Waals surface area contributed by atoms with Gasteiger partial charge in [0.25, 0.3) is 0 Å². The SMILES string of the molecule is CC(=O)Nc1cnn(CC(=O)Nc2c[nH]c3ccccc23)n1. The lowest BCUT2D eigenvalue weighted by Crippen LogP contribution is -2.20. The van der Waals surface area contributed by atoms with E-state index in [0.717, 1.165) is 10.9 Å². The maximum Gasteiger partial charge on any atom is 0.248 e. The summed E-state index contributed by atoms with van der Waals surface area (Å²) >= 11 is 0. The summed E-state index contributed by atoms with van der Waals surface area (Å²) in [6.45, 7) is 1.34. The highest BCUT2D eigenvalue weighted by atomic mass is 16.2. The quantitative estimate of drug-likeness (QED) is 0.676. The third kappa shape index (κ3) is 2.95. The lowest BCUT2D eigenvalue weighted by Gasteiger charge is -2.03. The molecule has 112 valence electrons. The number of carbonyl (C=O) groups is 2. The molecule has 0 atom stereocenters. The monoisotopic (exact) mass is 298 g/mol. The Bertz CT molecular complexity index is 835. The number of carbonyl (C=O) groups excluding carboxylic acids is 2. The van der Waals surface area contributed by atoms with Crippen molar-refractivity contribution in [3.05, 3.63) is 36.7 Å². The van der Waals surface area contributed by atoms with Crippen LogP contribution in [0, 0.1) is 0 Å². The number of rotatable bonds is 4. The number of nitrogens with zero attached hydrogens (tertiary/aromatic N) is 3. The Balaban J connectivity index is 1.67. The van der Waals surface area contributed by atoms with Crippen molar-refractivity contribution in [3.63, 3.8) is 0 Å². The van der Waals surface area contributed by atoms with E-state index in [4.69, 9.17) is 0 Å². The van der Waals surface area contributed by atoms with E-state index in [1.54, 1.807) is 6.20 Å². The highest BCUT2D eigenvalue weighted by molar-refractivity contribution is 6.01. The van der Waals surface area contributed by atoms with Gasteiger partial charge in [-0.1, -0.05) is 18.2 Å². The number of H-pyrrole nitrogens is 1. The molecule has 0 bridgehead atoms. The van der Waals surface area contributed by atoms with Gasteiger partial charge < -0.3 is 15.6 Å². The molecule has 0 unspecified atom stereocenters. The van der Waals surface area contributed by atoms with E-state index in [0.29, 0.717) is 11.5 Å². The molecule has 3 aromatic rings. The van der Waals surface area contributed by atoms with Gasteiger partial charge in [-0.05, 0) is 6.07 Å². The topological polar surface area (TPSA) is 105 Å². The molecule has 0 aliphatic heterocycles. The minimum Gasteiger partial charge on any atom is -0.359 e. The molecule has 1 aromatic carbocycles. The molecule has 0 aliphatic rings. The van der Waals surface area contributed by atoms with Crippen molar-refractivity contribution in [3.8, 4) is 0 Å². The maximum absolute atomic E-state index is 12.0. The summed E-state index contributed by atoms with van der Waals surface area (Å²) in [7, 11) is 0. The van der Waals surface area contributed by atoms with E-state index < -0.39 is 0 Å². The third-order valence-corrected chi connectivity index (χ3v) is 2.99. The first-order valence-corrected chi connectivity index (χ1v) is 6.65. The fourth-order valence-corrected chi connectivity index (χ4v) is 2.10. The van der Waals surface area contributed by atoms with Crippen LogP contribution in [0.5, 0.6) is 0 Å². The van der Waals surface area contributed by atoms with E-state index in [1.807, 2.05) is 24.3 Å². The zero-order valence-electron chi connectivity index (χ0n) is 11.8. The van der Waals surface area contributed by atoms with Crippen LogP contribution in [0.25, 0.3) is 10.9 Å². The molecule has 2 heterocycles. The second-order valence-electron chi connectivity index (χ2n) is 4.74. The Morgan fingerprint density at radius 3 is 2.91 bits per heavy atom. The van der Waals surface area contributed by atoms with E-state index >= 15 is 0 Å². The summed E-state index contributed by atoms with van der Waals surface area (Å²) in [4.78, 5) is 27.3. The number of hydrogen-bond donors (Lipinski definition) is 3. The Kier molecular flexibility index (Phi) is 3.57. The molecule has 0 aliphatic carbocycles. The molecule has 2 amide bonds. The van der Waals surface area contributed by atoms with Crippen molar-refractivity contribution in [2.75, 3.05) is 10.6 Å². The van der Waals surface area contributed by atoms with Gasteiger partial charge in [0.1, 0.15) is 6.54 Å². The standard InChI is InChI=1S/C14H14N6O2/c1-9(21)17-13-7-16-20(19-13)8-14(22)18-12-6-15-11-5-3-2-4-10(11)12/h2-7,15H,8H2,1H3,(H,18,22)(H,17,19,21). The normalized spacial score (nSPS) is 10.6. The van der Waals surface area contributed by atoms with Gasteiger partial charge in [0.2, 0.25) is 11.8 Å². The Morgan fingerprint density at radius 2 is 2.09 bits per heavy atom. The molecule has 0 saturated heterocycles. The fourth-order valence-electron chi connectivity index (χ4n) is 2.10. The molecule has 0 saturated carbocycles. The highest BCUT2D eigenvalue weighted by Gasteiger charge is 2.10. The Labute approximate surface area is 125 Å². The smallest absolute Gasteiger partial charge is 0.248 e. The van der Waals surface area contributed by atoms with Crippen molar-refractivity contribution in [1.29, 1.82) is 0 Å². The Hall–Kier alpha value is -3.16. The van der Waals surface area contributed by atoms with Crippen LogP contribution in [-0.4, -0.2) is 31.8 Å². The molecule has 0 spiro atoms. The van der Waals surface area contributed by atoms with Crippen LogP contribution >= 0.6 is 0 Å². The lowest BCUT2D eigenvalue weighted by molar-refractivity contribution is -0.117. The number of amides is 2. The van der Waals surface area contributed by atoms with E-state index in [-0.39, 0.29) is 18.4 Å². The zero-order valence-corrected chi connectivity index (χ0v) is 11.8. The zero-order chi connectivity index (χ0) is 15.5. The summed E-state index contributed by atoms with van der Waals surface area (Å²) in [5.74, 6) is -0.183. The van der Waals surface area contributed by atoms with Crippen LogP contribution in [0.4, 0.5) is 11.5 Å². The molecular formula is C14H14N6O2. The molecular weight excluding hydrogens is 284 g/mol. The molecule has 3 rings (SSSR count). The fraction of sp³-hybridized carbons (Fsp3) is 0.143. The number of hydrogen-bond acceptors (Lipinski definition) is 4. The van der Waals surface area contributed by atoms with Gasteiger partial charge in [0.05, 0.1) is 11.9 Å². The average Bonchev–Trinajstić information content (AvgIpc) is 3.06. The summed E-state index contributed by atoms with van der Waals surface area (Å²) < 4.78 is 0. The second kappa shape index (κ2) is 5.68. The summed E-state index contributed by atoms with van der Waals surface area (Å²) in [5.41, 5.74) is 1.65. The number of aromatic nitrogens is 4.